The quantitative estimate of drug-likeness (QED) is 0.305. The molecular weight excluding hydrogens is 328 g/mol. The Morgan fingerprint density at radius 2 is 1.54 bits per heavy atom. The molecule has 1 N–H and O–H groups in total. The topological polar surface area (TPSA) is 47.8 Å². The number of nitrogens with one attached hydrogen (secondary N) is 1. The number of urea groups is 1. The van der Waals surface area contributed by atoms with Crippen molar-refractivity contribution in [1.29, 1.82) is 0 Å². The molecule has 1 fully saturated rings. The van der Waals surface area contributed by atoms with E-state index in [4.69, 9.17) is 4.84 Å². The molecule has 152 valence electrons. The minimum Gasteiger partial charge on any atom is -0.334 e. The zero-order chi connectivity index (χ0) is 19.2. The molecule has 0 aromatic carbocycles. The molecule has 0 spiro atoms. The number of amidine groups is 1. The highest BCUT2D eigenvalue weighted by Gasteiger charge is 2.31. The average molecular weight is 370 g/mol. The number of nitrogens with zero attached hydrogens (tertiary/aromatic N) is 3. The van der Waals surface area contributed by atoms with Crippen LogP contribution in [0.4, 0.5) is 4.79 Å². The third-order valence-electron chi connectivity index (χ3n) is 4.68. The Morgan fingerprint density at radius 3 is 1.96 bits per heavy atom. The first-order valence-corrected chi connectivity index (χ1v) is 10.8. The number of unbranched alkanes of at least 4 members (excludes halogenated alkanes) is 4. The molecule has 0 radical (unpaired) electrons. The lowest BCUT2D eigenvalue weighted by molar-refractivity contribution is -0.546. The van der Waals surface area contributed by atoms with Crippen LogP contribution < -0.4 is 5.32 Å². The van der Waals surface area contributed by atoms with E-state index in [1.54, 1.807) is 0 Å². The fourth-order valence-corrected chi connectivity index (χ4v) is 2.96. The van der Waals surface area contributed by atoms with E-state index in [9.17, 15) is 4.79 Å². The van der Waals surface area contributed by atoms with Gasteiger partial charge in [-0.15, -0.1) is 5.06 Å². The van der Waals surface area contributed by atoms with E-state index in [-0.39, 0.29) is 6.03 Å². The summed E-state index contributed by atoms with van der Waals surface area (Å²) < 4.78 is 2.37. The van der Waals surface area contributed by atoms with Gasteiger partial charge in [0.15, 0.2) is 0 Å². The molecule has 2 amide bonds. The van der Waals surface area contributed by atoms with Gasteiger partial charge in [0.1, 0.15) is 0 Å². The Hall–Kier alpha value is -1.46. The Bertz CT molecular complexity index is 408. The van der Waals surface area contributed by atoms with Crippen LogP contribution in [0.15, 0.2) is 0 Å². The van der Waals surface area contributed by atoms with Gasteiger partial charge in [-0.2, -0.15) is 0 Å². The van der Waals surface area contributed by atoms with E-state index >= 15 is 0 Å². The van der Waals surface area contributed by atoms with Crippen molar-refractivity contribution in [2.75, 3.05) is 39.3 Å². The number of rotatable bonds is 13. The summed E-state index contributed by atoms with van der Waals surface area (Å²) in [6.45, 7) is 14.1. The highest BCUT2D eigenvalue weighted by molar-refractivity contribution is 5.77. The fourth-order valence-electron chi connectivity index (χ4n) is 2.96. The van der Waals surface area contributed by atoms with Crippen LogP contribution in [-0.4, -0.2) is 65.9 Å². The highest BCUT2D eigenvalue weighted by Crippen LogP contribution is 2.08. The lowest BCUT2D eigenvalue weighted by Gasteiger charge is -2.24. The minimum absolute atomic E-state index is 0.126. The van der Waals surface area contributed by atoms with Crippen LogP contribution in [0.5, 0.6) is 0 Å². The molecule has 6 heteroatoms. The third kappa shape index (κ3) is 7.83. The van der Waals surface area contributed by atoms with Crippen LogP contribution in [0.25, 0.3) is 0 Å². The average Bonchev–Trinajstić information content (AvgIpc) is 3.05. The van der Waals surface area contributed by atoms with Crippen molar-refractivity contribution in [1.82, 2.24) is 15.3 Å². The maximum Gasteiger partial charge on any atom is 0.471 e. The van der Waals surface area contributed by atoms with E-state index in [1.165, 1.54) is 5.06 Å². The first kappa shape index (κ1) is 22.6. The molecule has 0 saturated carbocycles. The minimum atomic E-state index is -0.126. The molecule has 1 aliphatic heterocycles. The van der Waals surface area contributed by atoms with E-state index in [1.807, 2.05) is 0 Å². The first-order valence-electron chi connectivity index (χ1n) is 10.8. The van der Waals surface area contributed by atoms with Gasteiger partial charge in [0.05, 0.1) is 32.7 Å². The SMILES string of the molecule is CCCCN(CCCC)C(ON1CCNC1=O)=[N+](CCCC)CCCC. The van der Waals surface area contributed by atoms with Crippen molar-refractivity contribution >= 4 is 12.1 Å². The maximum absolute atomic E-state index is 12.1. The zero-order valence-electron chi connectivity index (χ0n) is 17.6. The Balaban J connectivity index is 3.09. The van der Waals surface area contributed by atoms with Gasteiger partial charge in [-0.1, -0.05) is 53.4 Å². The van der Waals surface area contributed by atoms with Crippen LogP contribution in [0.1, 0.15) is 79.1 Å². The predicted octanol–water partition coefficient (Wildman–Crippen LogP) is 3.81. The third-order valence-corrected chi connectivity index (χ3v) is 4.68. The molecule has 0 aromatic heterocycles. The van der Waals surface area contributed by atoms with Gasteiger partial charge in [0.25, 0.3) is 0 Å². The summed E-state index contributed by atoms with van der Waals surface area (Å²) >= 11 is 0. The summed E-state index contributed by atoms with van der Waals surface area (Å²) in [6.07, 6.45) is 9.18. The van der Waals surface area contributed by atoms with E-state index in [0.29, 0.717) is 13.1 Å². The summed E-state index contributed by atoms with van der Waals surface area (Å²) in [6, 6.07) is 0.755. The lowest BCUT2D eigenvalue weighted by Crippen LogP contribution is -2.46. The number of hydroxylamine groups is 2. The molecule has 26 heavy (non-hydrogen) atoms. The summed E-state index contributed by atoms with van der Waals surface area (Å²) in [5, 5.41) is 4.33. The second-order valence-corrected chi connectivity index (χ2v) is 7.10. The molecule has 1 rings (SSSR count). The van der Waals surface area contributed by atoms with Crippen LogP contribution in [0, 0.1) is 0 Å². The molecule has 1 aliphatic rings. The number of carbonyl (C=O) groups excluding carboxylic acids is 1. The number of hydrogen-bond donors (Lipinski definition) is 1. The van der Waals surface area contributed by atoms with Crippen LogP contribution in [0.2, 0.25) is 0 Å². The second-order valence-electron chi connectivity index (χ2n) is 7.10. The predicted molar refractivity (Wildman–Crippen MR) is 107 cm³/mol. The van der Waals surface area contributed by atoms with Crippen molar-refractivity contribution < 1.29 is 14.2 Å². The van der Waals surface area contributed by atoms with E-state index < -0.39 is 0 Å². The molecule has 0 unspecified atom stereocenters. The highest BCUT2D eigenvalue weighted by atomic mass is 16.7. The largest absolute Gasteiger partial charge is 0.471 e. The first-order chi connectivity index (χ1) is 12.7. The van der Waals surface area contributed by atoms with Crippen molar-refractivity contribution in [2.24, 2.45) is 0 Å². The number of amides is 2. The molecule has 0 aromatic rings. The number of carbonyl (C=O) groups is 1. The van der Waals surface area contributed by atoms with Crippen molar-refractivity contribution in [3.05, 3.63) is 0 Å². The van der Waals surface area contributed by atoms with Crippen LogP contribution in [-0.2, 0) is 4.84 Å². The standard InChI is InChI=1S/C20H40N4O2/c1-5-9-14-22(15-10-6-2)20(26-24-18-13-21-19(24)25)23(16-11-7-3)17-12-8-4/h5-18H2,1-4H3/p+1. The van der Waals surface area contributed by atoms with Crippen molar-refractivity contribution in [3.8, 4) is 0 Å². The van der Waals surface area contributed by atoms with Gasteiger partial charge < -0.3 is 5.32 Å². The Labute approximate surface area is 160 Å². The van der Waals surface area contributed by atoms with Crippen molar-refractivity contribution in [2.45, 2.75) is 79.1 Å². The van der Waals surface area contributed by atoms with Crippen LogP contribution >= 0.6 is 0 Å². The van der Waals surface area contributed by atoms with Gasteiger partial charge >= 0.3 is 12.1 Å². The Kier molecular flexibility index (Phi) is 11.9. The summed E-state index contributed by atoms with van der Waals surface area (Å²) in [7, 11) is 0. The van der Waals surface area contributed by atoms with Crippen LogP contribution in [0.3, 0.4) is 0 Å². The molecule has 1 heterocycles. The van der Waals surface area contributed by atoms with Gasteiger partial charge in [-0.05, 0) is 25.7 Å². The monoisotopic (exact) mass is 369 g/mol. The normalized spacial score (nSPS) is 13.7. The maximum atomic E-state index is 12.1. The van der Waals surface area contributed by atoms with Crippen molar-refractivity contribution in [3.63, 3.8) is 0 Å². The molecular formula is C20H41N4O2+. The van der Waals surface area contributed by atoms with Gasteiger partial charge in [-0.3, -0.25) is 4.84 Å². The fraction of sp³-hybridized carbons (Fsp3) is 0.900. The van der Waals surface area contributed by atoms with Gasteiger partial charge in [0.2, 0.25) is 0 Å². The van der Waals surface area contributed by atoms with Gasteiger partial charge in [-0.25, -0.2) is 14.3 Å². The second kappa shape index (κ2) is 13.7. The summed E-state index contributed by atoms with van der Waals surface area (Å²) in [4.78, 5) is 20.6. The molecule has 0 atom stereocenters. The zero-order valence-corrected chi connectivity index (χ0v) is 17.6. The smallest absolute Gasteiger partial charge is 0.334 e. The molecule has 1 saturated heterocycles. The Morgan fingerprint density at radius 1 is 1.00 bits per heavy atom. The molecule has 0 aliphatic carbocycles. The molecule has 0 bridgehead atoms. The number of hydrogen-bond acceptors (Lipinski definition) is 2. The summed E-state index contributed by atoms with van der Waals surface area (Å²) in [5.41, 5.74) is 0. The molecule has 6 nitrogen and oxygen atoms in total. The lowest BCUT2D eigenvalue weighted by atomic mass is 10.2. The summed E-state index contributed by atoms with van der Waals surface area (Å²) in [5.74, 6) is 0. The van der Waals surface area contributed by atoms with E-state index in [0.717, 1.165) is 83.6 Å². The van der Waals surface area contributed by atoms with E-state index in [2.05, 4.69) is 42.5 Å². The van der Waals surface area contributed by atoms with Gasteiger partial charge in [0, 0.05) is 6.54 Å².